The van der Waals surface area contributed by atoms with Crippen LogP contribution in [0.25, 0.3) is 27.5 Å². The lowest BCUT2D eigenvalue weighted by Gasteiger charge is -2.20. The van der Waals surface area contributed by atoms with E-state index in [0.717, 1.165) is 46.8 Å². The number of carboxylic acids is 2. The van der Waals surface area contributed by atoms with Crippen molar-refractivity contribution in [3.05, 3.63) is 57.5 Å². The number of nitriles is 1. The molecule has 0 atom stereocenters. The molecule has 0 aliphatic carbocycles. The molecule has 2 heterocycles. The molecule has 5 N–H and O–H groups in total. The second-order valence-corrected chi connectivity index (χ2v) is 10.4. The van der Waals surface area contributed by atoms with Gasteiger partial charge in [0, 0.05) is 52.5 Å². The summed E-state index contributed by atoms with van der Waals surface area (Å²) in [7, 11) is 0. The highest BCUT2D eigenvalue weighted by molar-refractivity contribution is 7.16. The van der Waals surface area contributed by atoms with Gasteiger partial charge < -0.3 is 35.3 Å². The molecule has 0 bridgehead atoms. The molecule has 0 saturated heterocycles. The second kappa shape index (κ2) is 17.3. The number of unbranched alkanes of at least 4 members (excludes halogenated alkanes) is 2. The number of aliphatic carboxylic acids is 2. The summed E-state index contributed by atoms with van der Waals surface area (Å²) >= 11 is 1.31. The molecule has 43 heavy (non-hydrogen) atoms. The van der Waals surface area contributed by atoms with Crippen molar-refractivity contribution in [1.82, 2.24) is 4.90 Å². The van der Waals surface area contributed by atoms with E-state index in [0.29, 0.717) is 29.0 Å². The first-order chi connectivity index (χ1) is 20.5. The number of hydrogen-bond donors (Lipinski definition) is 4. The Balaban J connectivity index is 0.000000332. The minimum absolute atomic E-state index is 0.153. The van der Waals surface area contributed by atoms with Gasteiger partial charge in [-0.15, -0.1) is 11.3 Å². The molecule has 2 aromatic heterocycles. The Morgan fingerprint density at radius 1 is 1.00 bits per heavy atom. The molecule has 0 fully saturated rings. The van der Waals surface area contributed by atoms with Crippen LogP contribution in [0.5, 0.6) is 0 Å². The molecule has 3 rings (SSSR count). The fraction of sp³-hybridized carbons (Fsp3) is 0.367. The van der Waals surface area contributed by atoms with Gasteiger partial charge in [-0.3, -0.25) is 14.4 Å². The number of carbonyl (C=O) groups is 3. The Kier molecular flexibility index (Phi) is 13.9. The standard InChI is InChI=1S/C20H18N2O3S.C10H18N2O5/c1-3-22(4-2)14-6-5-13-9-17(20(24)25-18(13)10-14)19-8-7-16(26-19)11-15(23)12-21;11-5-3-1-2-4-8(13)12(6-9(14)15)7-10(16)17/h5-11,23H,3-4H2,1-2H3;1-7,11H2,(H,14,15)(H,16,17)/b15-11+;. The Morgan fingerprint density at radius 3 is 2.26 bits per heavy atom. The third kappa shape index (κ3) is 10.9. The number of thiophene rings is 1. The molecule has 0 aliphatic rings. The highest BCUT2D eigenvalue weighted by Crippen LogP contribution is 2.30. The zero-order valence-corrected chi connectivity index (χ0v) is 24.9. The van der Waals surface area contributed by atoms with Crippen molar-refractivity contribution in [2.45, 2.75) is 39.5 Å². The van der Waals surface area contributed by atoms with Crippen molar-refractivity contribution in [2.24, 2.45) is 5.73 Å². The quantitative estimate of drug-likeness (QED) is 0.0665. The summed E-state index contributed by atoms with van der Waals surface area (Å²) in [6.45, 7) is 5.31. The molecule has 1 amide bonds. The summed E-state index contributed by atoms with van der Waals surface area (Å²) in [4.78, 5) is 49.4. The zero-order valence-electron chi connectivity index (χ0n) is 24.1. The van der Waals surface area contributed by atoms with Gasteiger partial charge in [0.15, 0.2) is 5.76 Å². The second-order valence-electron chi connectivity index (χ2n) is 9.32. The maximum absolute atomic E-state index is 12.5. The van der Waals surface area contributed by atoms with Gasteiger partial charge in [-0.2, -0.15) is 5.26 Å². The highest BCUT2D eigenvalue weighted by atomic mass is 32.1. The number of carboxylic acid groups (broad SMARTS) is 2. The molecular formula is C30H36N4O8S. The van der Waals surface area contributed by atoms with E-state index in [-0.39, 0.29) is 12.2 Å². The smallest absolute Gasteiger partial charge is 0.345 e. The number of aliphatic hydroxyl groups is 1. The monoisotopic (exact) mass is 612 g/mol. The van der Waals surface area contributed by atoms with Gasteiger partial charge in [-0.1, -0.05) is 6.42 Å². The van der Waals surface area contributed by atoms with Crippen molar-refractivity contribution < 1.29 is 34.1 Å². The number of rotatable bonds is 14. The van der Waals surface area contributed by atoms with E-state index < -0.39 is 36.6 Å². The van der Waals surface area contributed by atoms with Gasteiger partial charge in [0.05, 0.1) is 5.56 Å². The predicted molar refractivity (Wildman–Crippen MR) is 165 cm³/mol. The van der Waals surface area contributed by atoms with Gasteiger partial charge in [-0.25, -0.2) is 4.79 Å². The molecule has 0 saturated carbocycles. The minimum atomic E-state index is -1.22. The highest BCUT2D eigenvalue weighted by Gasteiger charge is 2.19. The summed E-state index contributed by atoms with van der Waals surface area (Å²) in [6, 6.07) is 12.9. The van der Waals surface area contributed by atoms with Crippen LogP contribution >= 0.6 is 11.3 Å². The van der Waals surface area contributed by atoms with Crippen LogP contribution in [0, 0.1) is 11.3 Å². The number of carbonyl (C=O) groups excluding carboxylic acids is 1. The summed E-state index contributed by atoms with van der Waals surface area (Å²) in [5.74, 6) is -3.26. The molecule has 230 valence electrons. The van der Waals surface area contributed by atoms with Crippen molar-refractivity contribution in [3.63, 3.8) is 0 Å². The Labute approximate surface area is 252 Å². The third-order valence-corrected chi connectivity index (χ3v) is 7.30. The van der Waals surface area contributed by atoms with Crippen LogP contribution in [0.15, 0.2) is 51.4 Å². The van der Waals surface area contributed by atoms with Crippen LogP contribution in [0.4, 0.5) is 5.69 Å². The number of allylic oxidation sites excluding steroid dienone is 1. The number of hydrogen-bond acceptors (Lipinski definition) is 10. The molecule has 12 nitrogen and oxygen atoms in total. The lowest BCUT2D eigenvalue weighted by molar-refractivity contribution is -0.149. The van der Waals surface area contributed by atoms with E-state index >= 15 is 0 Å². The molecule has 13 heteroatoms. The Bertz CT molecular complexity index is 1520. The zero-order chi connectivity index (χ0) is 31.9. The molecule has 1 aromatic carbocycles. The number of benzene rings is 1. The predicted octanol–water partition coefficient (Wildman–Crippen LogP) is 4.29. The summed E-state index contributed by atoms with van der Waals surface area (Å²) in [5, 5.41) is 35.9. The minimum Gasteiger partial charge on any atom is -0.499 e. The average molecular weight is 613 g/mol. The number of nitrogens with two attached hydrogens (primary N) is 1. The van der Waals surface area contributed by atoms with E-state index in [1.807, 2.05) is 24.3 Å². The largest absolute Gasteiger partial charge is 0.499 e. The molecular weight excluding hydrogens is 576 g/mol. The van der Waals surface area contributed by atoms with Gasteiger partial charge in [0.1, 0.15) is 24.7 Å². The van der Waals surface area contributed by atoms with E-state index in [1.54, 1.807) is 18.2 Å². The summed E-state index contributed by atoms with van der Waals surface area (Å²) < 4.78 is 5.55. The number of nitrogens with zero attached hydrogens (tertiary/aromatic N) is 3. The normalized spacial score (nSPS) is 10.9. The third-order valence-electron chi connectivity index (χ3n) is 6.23. The topological polar surface area (TPSA) is 198 Å². The number of fused-ring (bicyclic) bond motifs is 1. The van der Waals surface area contributed by atoms with Crippen LogP contribution < -0.4 is 16.3 Å². The van der Waals surface area contributed by atoms with Crippen LogP contribution in [0.2, 0.25) is 0 Å². The fourth-order valence-corrected chi connectivity index (χ4v) is 5.06. The van der Waals surface area contributed by atoms with E-state index in [1.165, 1.54) is 17.4 Å². The number of aliphatic hydroxyl groups excluding tert-OH is 1. The van der Waals surface area contributed by atoms with Gasteiger partial charge >= 0.3 is 17.6 Å². The van der Waals surface area contributed by atoms with Crippen molar-refractivity contribution >= 4 is 51.9 Å². The molecule has 0 radical (unpaired) electrons. The maximum atomic E-state index is 12.5. The van der Waals surface area contributed by atoms with Crippen LogP contribution in [-0.2, 0) is 14.4 Å². The molecule has 0 aliphatic heterocycles. The molecule has 0 unspecified atom stereocenters. The van der Waals surface area contributed by atoms with Gasteiger partial charge in [0.25, 0.3) is 0 Å². The van der Waals surface area contributed by atoms with Crippen molar-refractivity contribution in [1.29, 1.82) is 5.26 Å². The Hall–Kier alpha value is -4.67. The fourth-order valence-electron chi connectivity index (χ4n) is 4.11. The lowest BCUT2D eigenvalue weighted by Crippen LogP contribution is -2.39. The first-order valence-corrected chi connectivity index (χ1v) is 14.5. The first-order valence-electron chi connectivity index (χ1n) is 13.7. The van der Waals surface area contributed by atoms with Crippen LogP contribution in [0.3, 0.4) is 0 Å². The molecule has 0 spiro atoms. The lowest BCUT2D eigenvalue weighted by atomic mass is 10.1. The van der Waals surface area contributed by atoms with Crippen LogP contribution in [-0.4, -0.2) is 70.8 Å². The van der Waals surface area contributed by atoms with E-state index in [2.05, 4.69) is 18.7 Å². The summed E-state index contributed by atoms with van der Waals surface area (Å²) in [5.41, 5.74) is 6.93. The number of amides is 1. The molecule has 3 aromatic rings. The van der Waals surface area contributed by atoms with E-state index in [9.17, 15) is 24.3 Å². The van der Waals surface area contributed by atoms with Gasteiger partial charge in [-0.05, 0) is 63.6 Å². The van der Waals surface area contributed by atoms with E-state index in [4.69, 9.17) is 25.6 Å². The number of anilines is 1. The maximum Gasteiger partial charge on any atom is 0.345 e. The summed E-state index contributed by atoms with van der Waals surface area (Å²) in [6.07, 6.45) is 3.68. The average Bonchev–Trinajstić information content (AvgIpc) is 3.43. The van der Waals surface area contributed by atoms with Gasteiger partial charge in [0.2, 0.25) is 5.91 Å². The van der Waals surface area contributed by atoms with Crippen LogP contribution in [0.1, 0.15) is 44.4 Å². The van der Waals surface area contributed by atoms with Crippen molar-refractivity contribution in [3.8, 4) is 16.5 Å². The SMILES string of the molecule is CCN(CC)c1ccc2cc(-c3ccc(/C=C(/O)C#N)s3)c(=O)oc2c1.NCCCCCC(=O)N(CC(=O)O)CC(=O)O. The first kappa shape index (κ1) is 34.5. The van der Waals surface area contributed by atoms with Crippen molar-refractivity contribution in [2.75, 3.05) is 37.6 Å². The Morgan fingerprint density at radius 2 is 1.67 bits per heavy atom.